The van der Waals surface area contributed by atoms with Gasteiger partial charge in [0.15, 0.2) is 0 Å². The van der Waals surface area contributed by atoms with Crippen molar-refractivity contribution in [3.8, 4) is 0 Å². The van der Waals surface area contributed by atoms with Gasteiger partial charge in [0.1, 0.15) is 5.82 Å². The van der Waals surface area contributed by atoms with Gasteiger partial charge in [-0.05, 0) is 6.42 Å². The molecule has 2 heterocycles. The molecule has 0 unspecified atom stereocenters. The molecule has 1 aliphatic heterocycles. The third-order valence-corrected chi connectivity index (χ3v) is 3.57. The molecule has 0 amide bonds. The summed E-state index contributed by atoms with van der Waals surface area (Å²) >= 11 is 1.48. The van der Waals surface area contributed by atoms with Crippen LogP contribution in [-0.2, 0) is 6.42 Å². The molecule has 1 fully saturated rings. The Morgan fingerprint density at radius 3 is 2.71 bits per heavy atom. The first-order chi connectivity index (χ1) is 6.67. The van der Waals surface area contributed by atoms with Crippen LogP contribution in [0.1, 0.15) is 26.1 Å². The van der Waals surface area contributed by atoms with Gasteiger partial charge in [0.2, 0.25) is 5.13 Å². The summed E-state index contributed by atoms with van der Waals surface area (Å²) in [4.78, 5) is 6.64. The van der Waals surface area contributed by atoms with Crippen molar-refractivity contribution in [3.05, 3.63) is 5.82 Å². The average Bonchev–Trinajstić information content (AvgIpc) is 2.61. The minimum absolute atomic E-state index is 0.0120. The monoisotopic (exact) mass is 212 g/mol. The molecule has 0 spiro atoms. The topological polar surface area (TPSA) is 55.0 Å². The molecule has 14 heavy (non-hydrogen) atoms. The largest absolute Gasteiger partial charge is 0.343 e. The van der Waals surface area contributed by atoms with Crippen molar-refractivity contribution >= 4 is 16.7 Å². The fourth-order valence-electron chi connectivity index (χ4n) is 1.59. The third-order valence-electron chi connectivity index (χ3n) is 2.76. The Balaban J connectivity index is 1.99. The van der Waals surface area contributed by atoms with E-state index in [0.29, 0.717) is 0 Å². The number of aryl methyl sites for hydroxylation is 1. The lowest BCUT2D eigenvalue weighted by Gasteiger charge is -2.47. The molecule has 0 aromatic carbocycles. The van der Waals surface area contributed by atoms with Gasteiger partial charge in [-0.3, -0.25) is 0 Å². The van der Waals surface area contributed by atoms with Gasteiger partial charge in [0.25, 0.3) is 0 Å². The number of nitrogens with two attached hydrogens (primary N) is 1. The molecule has 1 aromatic heterocycles. The Labute approximate surface area is 88.3 Å². The summed E-state index contributed by atoms with van der Waals surface area (Å²) < 4.78 is 4.26. The van der Waals surface area contributed by atoms with E-state index in [1.165, 1.54) is 11.5 Å². The van der Waals surface area contributed by atoms with E-state index in [1.54, 1.807) is 0 Å². The van der Waals surface area contributed by atoms with E-state index in [-0.39, 0.29) is 5.54 Å². The third kappa shape index (κ3) is 1.62. The second-order valence-corrected chi connectivity index (χ2v) is 4.65. The second kappa shape index (κ2) is 3.47. The minimum Gasteiger partial charge on any atom is -0.343 e. The molecule has 1 saturated heterocycles. The number of rotatable bonds is 3. The first kappa shape index (κ1) is 9.86. The molecule has 0 atom stereocenters. The van der Waals surface area contributed by atoms with E-state index in [1.807, 2.05) is 0 Å². The Bertz CT molecular complexity index is 316. The van der Waals surface area contributed by atoms with Crippen LogP contribution in [0.3, 0.4) is 0 Å². The molecule has 0 aliphatic carbocycles. The summed E-state index contributed by atoms with van der Waals surface area (Å²) in [6, 6.07) is 0. The highest BCUT2D eigenvalue weighted by Crippen LogP contribution is 2.29. The maximum atomic E-state index is 6.08. The summed E-state index contributed by atoms with van der Waals surface area (Å²) in [5, 5.41) is 1.02. The Morgan fingerprint density at radius 1 is 1.50 bits per heavy atom. The van der Waals surface area contributed by atoms with Crippen molar-refractivity contribution in [3.63, 3.8) is 0 Å². The standard InChI is InChI=1S/C9H16N4S/c1-3-7-11-8(14-12-7)13-5-9(10,4-2)6-13/h3-6,10H2,1-2H3. The fourth-order valence-corrected chi connectivity index (χ4v) is 2.34. The van der Waals surface area contributed by atoms with Gasteiger partial charge < -0.3 is 10.6 Å². The van der Waals surface area contributed by atoms with Crippen LogP contribution in [0.15, 0.2) is 0 Å². The van der Waals surface area contributed by atoms with Gasteiger partial charge in [-0.25, -0.2) is 4.98 Å². The molecule has 0 bridgehead atoms. The Kier molecular flexibility index (Phi) is 2.45. The van der Waals surface area contributed by atoms with Crippen molar-refractivity contribution in [2.45, 2.75) is 32.2 Å². The summed E-state index contributed by atoms with van der Waals surface area (Å²) in [5.74, 6) is 0.941. The van der Waals surface area contributed by atoms with Crippen LogP contribution in [0.5, 0.6) is 0 Å². The zero-order valence-corrected chi connectivity index (χ0v) is 9.47. The van der Waals surface area contributed by atoms with Crippen LogP contribution in [0.4, 0.5) is 5.13 Å². The molecule has 1 aliphatic rings. The van der Waals surface area contributed by atoms with Crippen molar-refractivity contribution in [2.75, 3.05) is 18.0 Å². The molecule has 5 heteroatoms. The Morgan fingerprint density at radius 2 is 2.21 bits per heavy atom. The molecular weight excluding hydrogens is 196 g/mol. The van der Waals surface area contributed by atoms with Gasteiger partial charge in [-0.15, -0.1) is 0 Å². The van der Waals surface area contributed by atoms with E-state index in [2.05, 4.69) is 28.1 Å². The lowest BCUT2D eigenvalue weighted by molar-refractivity contribution is 0.322. The summed E-state index contributed by atoms with van der Waals surface area (Å²) in [7, 11) is 0. The highest BCUT2D eigenvalue weighted by Gasteiger charge is 2.39. The first-order valence-corrected chi connectivity index (χ1v) is 5.80. The molecule has 0 radical (unpaired) electrons. The van der Waals surface area contributed by atoms with E-state index >= 15 is 0 Å². The maximum Gasteiger partial charge on any atom is 0.205 e. The van der Waals surface area contributed by atoms with Crippen LogP contribution in [0, 0.1) is 0 Å². The SMILES string of the molecule is CCc1nsc(N2CC(N)(CC)C2)n1. The van der Waals surface area contributed by atoms with Gasteiger partial charge in [0.05, 0.1) is 5.54 Å². The van der Waals surface area contributed by atoms with Crippen LogP contribution < -0.4 is 10.6 Å². The minimum atomic E-state index is 0.0120. The van der Waals surface area contributed by atoms with E-state index < -0.39 is 0 Å². The van der Waals surface area contributed by atoms with Crippen LogP contribution in [-0.4, -0.2) is 28.0 Å². The summed E-state index contributed by atoms with van der Waals surface area (Å²) in [6.07, 6.45) is 1.94. The van der Waals surface area contributed by atoms with Crippen LogP contribution in [0.25, 0.3) is 0 Å². The van der Waals surface area contributed by atoms with E-state index in [9.17, 15) is 0 Å². The second-order valence-electron chi connectivity index (χ2n) is 3.92. The van der Waals surface area contributed by atoms with E-state index in [0.717, 1.165) is 36.9 Å². The molecule has 2 N–H and O–H groups in total. The van der Waals surface area contributed by atoms with Gasteiger partial charge in [-0.2, -0.15) is 4.37 Å². The quantitative estimate of drug-likeness (QED) is 0.813. The molecular formula is C9H16N4S. The summed E-state index contributed by atoms with van der Waals surface area (Å²) in [5.41, 5.74) is 6.10. The molecule has 0 saturated carbocycles. The normalized spacial score (nSPS) is 19.5. The number of hydrogen-bond donors (Lipinski definition) is 1. The lowest BCUT2D eigenvalue weighted by atomic mass is 9.89. The van der Waals surface area contributed by atoms with Crippen molar-refractivity contribution in [1.82, 2.24) is 9.36 Å². The zero-order chi connectivity index (χ0) is 10.2. The Hall–Kier alpha value is -0.680. The number of anilines is 1. The highest BCUT2D eigenvalue weighted by atomic mass is 32.1. The summed E-state index contributed by atoms with van der Waals surface area (Å²) in [6.45, 7) is 6.04. The number of hydrogen-bond acceptors (Lipinski definition) is 5. The predicted octanol–water partition coefficient (Wildman–Crippen LogP) is 1.03. The lowest BCUT2D eigenvalue weighted by Crippen LogP contribution is -2.67. The molecule has 1 aromatic rings. The van der Waals surface area contributed by atoms with Crippen molar-refractivity contribution < 1.29 is 0 Å². The van der Waals surface area contributed by atoms with E-state index in [4.69, 9.17) is 5.73 Å². The molecule has 78 valence electrons. The van der Waals surface area contributed by atoms with Crippen molar-refractivity contribution in [2.24, 2.45) is 5.73 Å². The van der Waals surface area contributed by atoms with Gasteiger partial charge in [0, 0.05) is 31.0 Å². The van der Waals surface area contributed by atoms with Crippen LogP contribution in [0.2, 0.25) is 0 Å². The molecule has 2 rings (SSSR count). The first-order valence-electron chi connectivity index (χ1n) is 5.03. The average molecular weight is 212 g/mol. The van der Waals surface area contributed by atoms with Gasteiger partial charge >= 0.3 is 0 Å². The number of nitrogens with zero attached hydrogens (tertiary/aromatic N) is 3. The van der Waals surface area contributed by atoms with Gasteiger partial charge in [-0.1, -0.05) is 13.8 Å². The van der Waals surface area contributed by atoms with Crippen LogP contribution >= 0.6 is 11.5 Å². The smallest absolute Gasteiger partial charge is 0.205 e. The molecule has 4 nitrogen and oxygen atoms in total. The number of aromatic nitrogens is 2. The highest BCUT2D eigenvalue weighted by molar-refractivity contribution is 7.09. The predicted molar refractivity (Wildman–Crippen MR) is 58.7 cm³/mol. The van der Waals surface area contributed by atoms with Crippen molar-refractivity contribution in [1.29, 1.82) is 0 Å². The fraction of sp³-hybridized carbons (Fsp3) is 0.778. The maximum absolute atomic E-state index is 6.08. The zero-order valence-electron chi connectivity index (χ0n) is 8.66.